The van der Waals surface area contributed by atoms with Crippen molar-refractivity contribution in [1.29, 1.82) is 0 Å². The van der Waals surface area contributed by atoms with Gasteiger partial charge in [-0.3, -0.25) is 0 Å². The van der Waals surface area contributed by atoms with Crippen molar-refractivity contribution in [2.75, 3.05) is 12.8 Å². The number of rotatable bonds is 3. The fraction of sp³-hybridized carbons (Fsp3) is 0.0625. The zero-order valence-corrected chi connectivity index (χ0v) is 10.7. The van der Waals surface area contributed by atoms with Crippen LogP contribution in [0.1, 0.15) is 21.5 Å². The van der Waals surface area contributed by atoms with Crippen LogP contribution in [0.15, 0.2) is 48.5 Å². The summed E-state index contributed by atoms with van der Waals surface area (Å²) in [4.78, 5) is 11.3. The lowest BCUT2D eigenvalue weighted by molar-refractivity contribution is 0.0601. The van der Waals surface area contributed by atoms with E-state index in [4.69, 9.17) is 5.73 Å². The SMILES string of the molecule is COC(=O)c1ccc(C=Cc2ccc(N)cc2)cc1. The summed E-state index contributed by atoms with van der Waals surface area (Å²) in [5.41, 5.74) is 9.02. The number of ether oxygens (including phenoxy) is 1. The van der Waals surface area contributed by atoms with Gasteiger partial charge in [0.2, 0.25) is 0 Å². The Hall–Kier alpha value is -2.55. The lowest BCUT2D eigenvalue weighted by atomic mass is 10.1. The first kappa shape index (κ1) is 12.9. The lowest BCUT2D eigenvalue weighted by Crippen LogP contribution is -2.00. The fourth-order valence-electron chi connectivity index (χ4n) is 1.65. The summed E-state index contributed by atoms with van der Waals surface area (Å²) in [5.74, 6) is -0.325. The van der Waals surface area contributed by atoms with Crippen molar-refractivity contribution in [3.05, 3.63) is 65.2 Å². The van der Waals surface area contributed by atoms with E-state index in [1.807, 2.05) is 48.6 Å². The highest BCUT2D eigenvalue weighted by atomic mass is 16.5. The minimum absolute atomic E-state index is 0.325. The minimum Gasteiger partial charge on any atom is -0.465 e. The third-order valence-electron chi connectivity index (χ3n) is 2.74. The van der Waals surface area contributed by atoms with Crippen LogP contribution in [0.4, 0.5) is 5.69 Å². The van der Waals surface area contributed by atoms with Gasteiger partial charge in [0.25, 0.3) is 0 Å². The summed E-state index contributed by atoms with van der Waals surface area (Å²) < 4.78 is 4.65. The number of hydrogen-bond donors (Lipinski definition) is 1. The summed E-state index contributed by atoms with van der Waals surface area (Å²) in [6.45, 7) is 0. The predicted octanol–water partition coefficient (Wildman–Crippen LogP) is 3.23. The Morgan fingerprint density at radius 1 is 0.947 bits per heavy atom. The number of nitrogen functional groups attached to an aromatic ring is 1. The van der Waals surface area contributed by atoms with Crippen LogP contribution in [0.5, 0.6) is 0 Å². The zero-order chi connectivity index (χ0) is 13.7. The number of methoxy groups -OCH3 is 1. The summed E-state index contributed by atoms with van der Waals surface area (Å²) in [6.07, 6.45) is 3.97. The van der Waals surface area contributed by atoms with E-state index >= 15 is 0 Å². The second kappa shape index (κ2) is 5.87. The molecule has 0 unspecified atom stereocenters. The van der Waals surface area contributed by atoms with Crippen molar-refractivity contribution in [3.63, 3.8) is 0 Å². The number of nitrogens with two attached hydrogens (primary N) is 1. The molecule has 19 heavy (non-hydrogen) atoms. The topological polar surface area (TPSA) is 52.3 Å². The van der Waals surface area contributed by atoms with Crippen LogP contribution in [0, 0.1) is 0 Å². The Morgan fingerprint density at radius 2 is 1.42 bits per heavy atom. The first-order chi connectivity index (χ1) is 9.19. The van der Waals surface area contributed by atoms with E-state index < -0.39 is 0 Å². The smallest absolute Gasteiger partial charge is 0.337 e. The number of carbonyl (C=O) groups is 1. The molecule has 0 amide bonds. The number of anilines is 1. The van der Waals surface area contributed by atoms with Crippen molar-refractivity contribution in [3.8, 4) is 0 Å². The molecule has 2 aromatic carbocycles. The van der Waals surface area contributed by atoms with Gasteiger partial charge in [-0.15, -0.1) is 0 Å². The van der Waals surface area contributed by atoms with Gasteiger partial charge in [-0.1, -0.05) is 36.4 Å². The molecule has 0 aliphatic carbocycles. The van der Waals surface area contributed by atoms with Crippen molar-refractivity contribution in [1.82, 2.24) is 0 Å². The molecule has 2 aromatic rings. The molecule has 0 bridgehead atoms. The highest BCUT2D eigenvalue weighted by Crippen LogP contribution is 2.12. The van der Waals surface area contributed by atoms with E-state index in [9.17, 15) is 4.79 Å². The van der Waals surface area contributed by atoms with Gasteiger partial charge in [0.15, 0.2) is 0 Å². The normalized spacial score (nSPS) is 10.6. The first-order valence-corrected chi connectivity index (χ1v) is 5.91. The summed E-state index contributed by atoms with van der Waals surface area (Å²) in [6, 6.07) is 14.9. The van der Waals surface area contributed by atoms with Gasteiger partial charge >= 0.3 is 5.97 Å². The van der Waals surface area contributed by atoms with Crippen LogP contribution in [0.25, 0.3) is 12.2 Å². The maximum Gasteiger partial charge on any atom is 0.337 e. The number of benzene rings is 2. The third-order valence-corrected chi connectivity index (χ3v) is 2.74. The molecule has 0 saturated heterocycles. The molecule has 3 nitrogen and oxygen atoms in total. The standard InChI is InChI=1S/C16H15NO2/c1-19-16(18)14-8-4-12(5-9-14)2-3-13-6-10-15(17)11-7-13/h2-11H,17H2,1H3. The van der Waals surface area contributed by atoms with Crippen LogP contribution in [-0.4, -0.2) is 13.1 Å². The van der Waals surface area contributed by atoms with Crippen molar-refractivity contribution >= 4 is 23.8 Å². The highest BCUT2D eigenvalue weighted by Gasteiger charge is 2.02. The Bertz CT molecular complexity index is 583. The van der Waals surface area contributed by atoms with Crippen LogP contribution in [-0.2, 0) is 4.74 Å². The number of carbonyl (C=O) groups excluding carboxylic acids is 1. The van der Waals surface area contributed by atoms with Gasteiger partial charge in [-0.25, -0.2) is 4.79 Å². The molecule has 0 heterocycles. The molecule has 2 rings (SSSR count). The van der Waals surface area contributed by atoms with E-state index in [2.05, 4.69) is 4.74 Å². The minimum atomic E-state index is -0.325. The molecule has 0 atom stereocenters. The summed E-state index contributed by atoms with van der Waals surface area (Å²) >= 11 is 0. The number of esters is 1. The van der Waals surface area contributed by atoms with Gasteiger partial charge in [-0.2, -0.15) is 0 Å². The molecular weight excluding hydrogens is 238 g/mol. The van der Waals surface area contributed by atoms with Crippen LogP contribution in [0.3, 0.4) is 0 Å². The van der Waals surface area contributed by atoms with E-state index in [0.717, 1.165) is 16.8 Å². The molecule has 96 valence electrons. The number of hydrogen-bond acceptors (Lipinski definition) is 3. The Kier molecular flexibility index (Phi) is 3.98. The molecule has 0 saturated carbocycles. The maximum absolute atomic E-state index is 11.3. The maximum atomic E-state index is 11.3. The summed E-state index contributed by atoms with van der Waals surface area (Å²) in [5, 5.41) is 0. The van der Waals surface area contributed by atoms with E-state index in [1.165, 1.54) is 7.11 Å². The fourth-order valence-corrected chi connectivity index (χ4v) is 1.65. The van der Waals surface area contributed by atoms with Gasteiger partial charge in [0.05, 0.1) is 12.7 Å². The van der Waals surface area contributed by atoms with E-state index in [0.29, 0.717) is 5.56 Å². The second-order valence-corrected chi connectivity index (χ2v) is 4.11. The summed E-state index contributed by atoms with van der Waals surface area (Å²) in [7, 11) is 1.37. The Labute approximate surface area is 112 Å². The van der Waals surface area contributed by atoms with Gasteiger partial charge in [-0.05, 0) is 35.4 Å². The average molecular weight is 253 g/mol. The predicted molar refractivity (Wildman–Crippen MR) is 77.6 cm³/mol. The van der Waals surface area contributed by atoms with E-state index in [1.54, 1.807) is 12.1 Å². The molecule has 0 aliphatic rings. The van der Waals surface area contributed by atoms with Gasteiger partial charge < -0.3 is 10.5 Å². The van der Waals surface area contributed by atoms with E-state index in [-0.39, 0.29) is 5.97 Å². The molecule has 2 N–H and O–H groups in total. The van der Waals surface area contributed by atoms with Crippen LogP contribution < -0.4 is 5.73 Å². The highest BCUT2D eigenvalue weighted by molar-refractivity contribution is 5.89. The molecule has 0 fully saturated rings. The average Bonchev–Trinajstić information content (AvgIpc) is 2.46. The Morgan fingerprint density at radius 3 is 1.89 bits per heavy atom. The zero-order valence-electron chi connectivity index (χ0n) is 10.7. The van der Waals surface area contributed by atoms with Crippen LogP contribution >= 0.6 is 0 Å². The largest absolute Gasteiger partial charge is 0.465 e. The monoisotopic (exact) mass is 253 g/mol. The van der Waals surface area contributed by atoms with Gasteiger partial charge in [0, 0.05) is 5.69 Å². The molecule has 3 heteroatoms. The molecular formula is C16H15NO2. The first-order valence-electron chi connectivity index (χ1n) is 5.91. The van der Waals surface area contributed by atoms with Crippen LogP contribution in [0.2, 0.25) is 0 Å². The molecule has 0 aliphatic heterocycles. The molecule has 0 spiro atoms. The van der Waals surface area contributed by atoms with Crippen molar-refractivity contribution < 1.29 is 9.53 Å². The quantitative estimate of drug-likeness (QED) is 0.519. The third kappa shape index (κ3) is 3.45. The Balaban J connectivity index is 2.11. The molecule has 0 aromatic heterocycles. The van der Waals surface area contributed by atoms with Gasteiger partial charge in [0.1, 0.15) is 0 Å². The van der Waals surface area contributed by atoms with Crippen molar-refractivity contribution in [2.24, 2.45) is 0 Å². The molecule has 0 radical (unpaired) electrons. The second-order valence-electron chi connectivity index (χ2n) is 4.11. The lowest BCUT2D eigenvalue weighted by Gasteiger charge is -1.99. The van der Waals surface area contributed by atoms with Crippen molar-refractivity contribution in [2.45, 2.75) is 0 Å².